The Balaban J connectivity index is 1.48. The lowest BCUT2D eigenvalue weighted by atomic mass is 10.0. The van der Waals surface area contributed by atoms with Crippen molar-refractivity contribution in [2.75, 3.05) is 13.1 Å². The van der Waals surface area contributed by atoms with Crippen molar-refractivity contribution in [3.63, 3.8) is 0 Å². The smallest absolute Gasteiger partial charge is 0.335 e. The van der Waals surface area contributed by atoms with Gasteiger partial charge in [-0.3, -0.25) is 14.8 Å². The molecule has 1 aliphatic rings. The van der Waals surface area contributed by atoms with E-state index in [9.17, 15) is 14.7 Å². The van der Waals surface area contributed by atoms with Gasteiger partial charge in [0.25, 0.3) is 5.56 Å². The van der Waals surface area contributed by atoms with Crippen LogP contribution in [-0.2, 0) is 6.54 Å². The molecule has 1 fully saturated rings. The van der Waals surface area contributed by atoms with E-state index in [1.165, 1.54) is 16.7 Å². The topological polar surface area (TPSA) is 91.9 Å². The van der Waals surface area contributed by atoms with Crippen LogP contribution in [0.4, 0.5) is 0 Å². The van der Waals surface area contributed by atoms with Gasteiger partial charge in [-0.05, 0) is 19.1 Å². The number of aromatic amines is 1. The number of piperidine rings is 1. The van der Waals surface area contributed by atoms with Gasteiger partial charge in [-0.15, -0.1) is 0 Å². The molecule has 0 amide bonds. The molecule has 3 aromatic rings. The van der Waals surface area contributed by atoms with Gasteiger partial charge in [0, 0.05) is 24.6 Å². The van der Waals surface area contributed by atoms with Gasteiger partial charge < -0.3 is 10.0 Å². The average molecular weight is 420 g/mol. The lowest BCUT2D eigenvalue weighted by Gasteiger charge is -2.27. The van der Waals surface area contributed by atoms with E-state index in [4.69, 9.17) is 0 Å². The Hall–Kier alpha value is -3.45. The lowest BCUT2D eigenvalue weighted by Crippen LogP contribution is -3.12. The van der Waals surface area contributed by atoms with Gasteiger partial charge in [0.15, 0.2) is 0 Å². The predicted molar refractivity (Wildman–Crippen MR) is 121 cm³/mol. The van der Waals surface area contributed by atoms with Crippen LogP contribution in [0.1, 0.15) is 29.5 Å². The Morgan fingerprint density at radius 2 is 1.77 bits per heavy atom. The Labute approximate surface area is 180 Å². The molecule has 2 heterocycles. The van der Waals surface area contributed by atoms with Crippen molar-refractivity contribution in [3.05, 3.63) is 92.1 Å². The molecule has 7 heteroatoms. The van der Waals surface area contributed by atoms with Crippen LogP contribution in [0.25, 0.3) is 5.69 Å². The molecule has 0 aliphatic carbocycles. The molecule has 0 bridgehead atoms. The Morgan fingerprint density at radius 1 is 1.10 bits per heavy atom. The van der Waals surface area contributed by atoms with Crippen LogP contribution in [0.3, 0.4) is 0 Å². The highest BCUT2D eigenvalue weighted by Crippen LogP contribution is 2.16. The van der Waals surface area contributed by atoms with Gasteiger partial charge in [0.05, 0.1) is 24.8 Å². The van der Waals surface area contributed by atoms with Crippen LogP contribution in [0, 0.1) is 6.92 Å². The van der Waals surface area contributed by atoms with E-state index in [0.29, 0.717) is 5.69 Å². The number of nitrogens with zero attached hydrogens (tertiary/aromatic N) is 2. The molecule has 31 heavy (non-hydrogen) atoms. The first kappa shape index (κ1) is 20.8. The number of quaternary nitrogens is 1. The van der Waals surface area contributed by atoms with Crippen molar-refractivity contribution in [2.45, 2.75) is 32.4 Å². The van der Waals surface area contributed by atoms with Gasteiger partial charge in [-0.1, -0.05) is 48.0 Å². The number of likely N-dealkylation sites (tertiary alicyclic amines) is 1. The first-order valence-corrected chi connectivity index (χ1v) is 10.6. The summed E-state index contributed by atoms with van der Waals surface area (Å²) in [6.07, 6.45) is 3.23. The van der Waals surface area contributed by atoms with Crippen molar-refractivity contribution in [3.8, 4) is 11.6 Å². The van der Waals surface area contributed by atoms with E-state index in [1.54, 1.807) is 12.1 Å². The summed E-state index contributed by atoms with van der Waals surface area (Å²) in [6.45, 7) is 4.94. The van der Waals surface area contributed by atoms with Crippen LogP contribution >= 0.6 is 0 Å². The third-order valence-corrected chi connectivity index (χ3v) is 5.79. The fourth-order valence-corrected chi connectivity index (χ4v) is 3.99. The maximum Gasteiger partial charge on any atom is 0.335 e. The zero-order valence-electron chi connectivity index (χ0n) is 17.5. The number of aliphatic imine (C=N–C) groups is 1. The summed E-state index contributed by atoms with van der Waals surface area (Å²) >= 11 is 0. The molecule has 160 valence electrons. The number of nitrogens with one attached hydrogen (secondary N) is 2. The molecule has 1 aliphatic heterocycles. The summed E-state index contributed by atoms with van der Waals surface area (Å²) in [4.78, 5) is 33.0. The van der Waals surface area contributed by atoms with Crippen molar-refractivity contribution < 1.29 is 10.0 Å². The van der Waals surface area contributed by atoms with Crippen LogP contribution in [0.15, 0.2) is 69.2 Å². The van der Waals surface area contributed by atoms with Gasteiger partial charge in [-0.25, -0.2) is 9.36 Å². The monoisotopic (exact) mass is 419 g/mol. The fraction of sp³-hybridized carbons (Fsp3) is 0.292. The Kier molecular flexibility index (Phi) is 6.13. The third-order valence-electron chi connectivity index (χ3n) is 5.79. The second-order valence-corrected chi connectivity index (χ2v) is 8.09. The summed E-state index contributed by atoms with van der Waals surface area (Å²) in [5.74, 6) is -0.395. The molecule has 0 atom stereocenters. The Morgan fingerprint density at radius 3 is 2.45 bits per heavy atom. The van der Waals surface area contributed by atoms with Crippen molar-refractivity contribution in [2.24, 2.45) is 4.99 Å². The second kappa shape index (κ2) is 9.14. The summed E-state index contributed by atoms with van der Waals surface area (Å²) in [6, 6.07) is 17.7. The first-order valence-electron chi connectivity index (χ1n) is 10.6. The predicted octanol–water partition coefficient (Wildman–Crippen LogP) is 1.21. The molecule has 3 N–H and O–H groups in total. The lowest BCUT2D eigenvalue weighted by molar-refractivity contribution is -0.918. The normalized spacial score (nSPS) is 19.0. The zero-order valence-corrected chi connectivity index (χ0v) is 17.5. The van der Waals surface area contributed by atoms with Gasteiger partial charge in [-0.2, -0.15) is 0 Å². The van der Waals surface area contributed by atoms with Crippen LogP contribution in [0.2, 0.25) is 0 Å². The minimum atomic E-state index is -0.679. The molecule has 0 unspecified atom stereocenters. The van der Waals surface area contributed by atoms with E-state index in [0.717, 1.165) is 42.6 Å². The molecule has 7 nitrogen and oxygen atoms in total. The maximum atomic E-state index is 12.3. The summed E-state index contributed by atoms with van der Waals surface area (Å²) < 4.78 is 1.09. The molecular weight excluding hydrogens is 392 g/mol. The summed E-state index contributed by atoms with van der Waals surface area (Å²) in [7, 11) is 0. The fourth-order valence-electron chi connectivity index (χ4n) is 3.99. The molecule has 2 aromatic carbocycles. The SMILES string of the molecule is Cc1ccc(-n2c(O)c(C=NC3CC[NH+](Cc4ccccc4)CC3)c(=O)[nH]c2=O)cc1. The standard InChI is InChI=1S/C24H26N4O3/c1-17-7-9-20(10-8-17)28-23(30)21(22(29)26-24(28)31)15-25-19-11-13-27(14-12-19)16-18-5-3-2-4-6-18/h2-10,15,19,30H,11-14,16H2,1H3,(H,26,29,31)/p+1. The van der Waals surface area contributed by atoms with E-state index >= 15 is 0 Å². The number of aromatic hydroxyl groups is 1. The number of H-pyrrole nitrogens is 1. The highest BCUT2D eigenvalue weighted by Gasteiger charge is 2.22. The quantitative estimate of drug-likeness (QED) is 0.543. The molecule has 0 saturated carbocycles. The van der Waals surface area contributed by atoms with Crippen LogP contribution < -0.4 is 16.1 Å². The number of aryl methyl sites for hydroxylation is 1. The van der Waals surface area contributed by atoms with E-state index in [2.05, 4.69) is 34.2 Å². The van der Waals surface area contributed by atoms with E-state index < -0.39 is 17.1 Å². The number of hydrogen-bond acceptors (Lipinski definition) is 4. The number of rotatable bonds is 5. The number of aromatic nitrogens is 2. The second-order valence-electron chi connectivity index (χ2n) is 8.09. The molecule has 0 spiro atoms. The Bertz CT molecular complexity index is 1170. The maximum absolute atomic E-state index is 12.3. The molecule has 4 rings (SSSR count). The van der Waals surface area contributed by atoms with Crippen molar-refractivity contribution in [1.82, 2.24) is 9.55 Å². The van der Waals surface area contributed by atoms with Crippen molar-refractivity contribution >= 4 is 6.21 Å². The van der Waals surface area contributed by atoms with E-state index in [1.807, 2.05) is 25.1 Å². The highest BCUT2D eigenvalue weighted by molar-refractivity contribution is 5.82. The molecule has 1 aromatic heterocycles. The number of benzene rings is 2. The minimum absolute atomic E-state index is 0.000706. The molecular formula is C24H27N4O3+. The summed E-state index contributed by atoms with van der Waals surface area (Å²) in [5.41, 5.74) is 1.52. The highest BCUT2D eigenvalue weighted by atomic mass is 16.3. The van der Waals surface area contributed by atoms with E-state index in [-0.39, 0.29) is 11.6 Å². The average Bonchev–Trinajstić information content (AvgIpc) is 2.76. The van der Waals surface area contributed by atoms with Crippen molar-refractivity contribution in [1.29, 1.82) is 0 Å². The molecule has 0 radical (unpaired) electrons. The van der Waals surface area contributed by atoms with Gasteiger partial charge >= 0.3 is 5.69 Å². The summed E-state index contributed by atoms with van der Waals surface area (Å²) in [5, 5.41) is 10.7. The number of hydrogen-bond donors (Lipinski definition) is 3. The third kappa shape index (κ3) is 4.83. The van der Waals surface area contributed by atoms with Crippen LogP contribution in [0.5, 0.6) is 5.88 Å². The minimum Gasteiger partial charge on any atom is -0.493 e. The largest absolute Gasteiger partial charge is 0.493 e. The zero-order chi connectivity index (χ0) is 21.8. The van der Waals surface area contributed by atoms with Crippen LogP contribution in [-0.4, -0.2) is 40.0 Å². The van der Waals surface area contributed by atoms with Gasteiger partial charge in [0.1, 0.15) is 12.1 Å². The molecule has 1 saturated heterocycles. The first-order chi connectivity index (χ1) is 15.0. The van der Waals surface area contributed by atoms with Gasteiger partial charge in [0.2, 0.25) is 5.88 Å².